The second-order valence-electron chi connectivity index (χ2n) is 4.49. The molecule has 0 bridgehead atoms. The summed E-state index contributed by atoms with van der Waals surface area (Å²) in [6, 6.07) is 9.44. The molecule has 82 valence electrons. The maximum absolute atomic E-state index is 3.61. The second kappa shape index (κ2) is 4.93. The molecule has 15 heavy (non-hydrogen) atoms. The van der Waals surface area contributed by atoms with Gasteiger partial charge in [-0.1, -0.05) is 6.92 Å². The number of benzene rings is 1. The molecular weight excluding hydrogens is 202 g/mol. The Morgan fingerprint density at radius 3 is 2.47 bits per heavy atom. The van der Waals surface area contributed by atoms with E-state index in [1.807, 2.05) is 0 Å². The third-order valence-electron chi connectivity index (χ3n) is 3.16. The highest BCUT2D eigenvalue weighted by Gasteiger charge is 2.20. The highest BCUT2D eigenvalue weighted by Crippen LogP contribution is 2.28. The third-order valence-corrected chi connectivity index (χ3v) is 3.90. The van der Waals surface area contributed by atoms with Crippen LogP contribution < -0.4 is 5.32 Å². The molecule has 0 amide bonds. The van der Waals surface area contributed by atoms with Gasteiger partial charge in [-0.2, -0.15) is 0 Å². The molecule has 1 aromatic carbocycles. The van der Waals surface area contributed by atoms with E-state index in [4.69, 9.17) is 0 Å². The first-order chi connectivity index (χ1) is 7.28. The summed E-state index contributed by atoms with van der Waals surface area (Å²) in [5, 5.41) is 3.61. The van der Waals surface area contributed by atoms with Gasteiger partial charge in [-0.25, -0.2) is 0 Å². The molecule has 1 fully saturated rings. The minimum Gasteiger partial charge on any atom is -0.382 e. The summed E-state index contributed by atoms with van der Waals surface area (Å²) < 4.78 is 0. The molecule has 1 N–H and O–H groups in total. The Kier molecular flexibility index (Phi) is 3.57. The van der Waals surface area contributed by atoms with Crippen molar-refractivity contribution in [1.82, 2.24) is 0 Å². The van der Waals surface area contributed by atoms with Gasteiger partial charge in [-0.05, 0) is 55.7 Å². The fraction of sp³-hybridized carbons (Fsp3) is 0.538. The van der Waals surface area contributed by atoms with Gasteiger partial charge in [0, 0.05) is 16.6 Å². The summed E-state index contributed by atoms with van der Waals surface area (Å²) in [7, 11) is 0. The molecule has 1 nitrogen and oxygen atoms in total. The van der Waals surface area contributed by atoms with Crippen molar-refractivity contribution in [3.8, 4) is 0 Å². The lowest BCUT2D eigenvalue weighted by molar-refractivity contribution is 0.602. The minimum absolute atomic E-state index is 0.695. The molecule has 1 aliphatic rings. The molecule has 1 saturated carbocycles. The number of hydrogen-bond donors (Lipinski definition) is 1. The van der Waals surface area contributed by atoms with Crippen molar-refractivity contribution in [2.75, 3.05) is 11.6 Å². The molecule has 0 heterocycles. The number of nitrogens with one attached hydrogen (secondary N) is 1. The fourth-order valence-electron chi connectivity index (χ4n) is 2.26. The fourth-order valence-corrected chi connectivity index (χ4v) is 2.67. The molecule has 2 rings (SSSR count). The first-order valence-electron chi connectivity index (χ1n) is 5.68. The van der Waals surface area contributed by atoms with Crippen LogP contribution in [0.3, 0.4) is 0 Å². The SMILES string of the molecule is CSc1ccc(N[C@H]2CC[C@H](C)C2)cc1. The van der Waals surface area contributed by atoms with E-state index in [0.29, 0.717) is 6.04 Å². The van der Waals surface area contributed by atoms with E-state index < -0.39 is 0 Å². The van der Waals surface area contributed by atoms with E-state index in [9.17, 15) is 0 Å². The van der Waals surface area contributed by atoms with Crippen molar-refractivity contribution in [2.45, 2.75) is 37.1 Å². The quantitative estimate of drug-likeness (QED) is 0.774. The van der Waals surface area contributed by atoms with Gasteiger partial charge in [0.25, 0.3) is 0 Å². The zero-order valence-electron chi connectivity index (χ0n) is 9.49. The van der Waals surface area contributed by atoms with E-state index in [2.05, 4.69) is 42.8 Å². The molecular formula is C13H19NS. The highest BCUT2D eigenvalue weighted by atomic mass is 32.2. The van der Waals surface area contributed by atoms with Crippen LogP contribution in [0.25, 0.3) is 0 Å². The third kappa shape index (κ3) is 2.91. The zero-order valence-corrected chi connectivity index (χ0v) is 10.3. The molecule has 0 radical (unpaired) electrons. The van der Waals surface area contributed by atoms with Gasteiger partial charge in [-0.15, -0.1) is 11.8 Å². The van der Waals surface area contributed by atoms with E-state index in [1.165, 1.54) is 29.8 Å². The van der Waals surface area contributed by atoms with Crippen LogP contribution in [0, 0.1) is 5.92 Å². The van der Waals surface area contributed by atoms with Crippen molar-refractivity contribution >= 4 is 17.4 Å². The minimum atomic E-state index is 0.695. The Hall–Kier alpha value is -0.630. The summed E-state index contributed by atoms with van der Waals surface area (Å²) in [6.07, 6.45) is 6.14. The van der Waals surface area contributed by atoms with E-state index in [1.54, 1.807) is 11.8 Å². The largest absolute Gasteiger partial charge is 0.382 e. The topological polar surface area (TPSA) is 12.0 Å². The number of hydrogen-bond acceptors (Lipinski definition) is 2. The van der Waals surface area contributed by atoms with Gasteiger partial charge >= 0.3 is 0 Å². The lowest BCUT2D eigenvalue weighted by atomic mass is 10.1. The Bertz CT molecular complexity index is 307. The molecule has 2 heteroatoms. The van der Waals surface area contributed by atoms with Crippen LogP contribution in [0.2, 0.25) is 0 Å². The number of rotatable bonds is 3. The monoisotopic (exact) mass is 221 g/mol. The van der Waals surface area contributed by atoms with Crippen molar-refractivity contribution in [1.29, 1.82) is 0 Å². The molecule has 1 aliphatic carbocycles. The van der Waals surface area contributed by atoms with Crippen LogP contribution in [0.5, 0.6) is 0 Å². The number of thioether (sulfide) groups is 1. The second-order valence-corrected chi connectivity index (χ2v) is 5.37. The molecule has 0 aliphatic heterocycles. The first-order valence-corrected chi connectivity index (χ1v) is 6.91. The number of anilines is 1. The van der Waals surface area contributed by atoms with Crippen LogP contribution >= 0.6 is 11.8 Å². The lowest BCUT2D eigenvalue weighted by Crippen LogP contribution is -2.14. The van der Waals surface area contributed by atoms with Crippen molar-refractivity contribution < 1.29 is 0 Å². The van der Waals surface area contributed by atoms with E-state index >= 15 is 0 Å². The summed E-state index contributed by atoms with van der Waals surface area (Å²) >= 11 is 1.79. The standard InChI is InChI=1S/C13H19NS/c1-10-3-4-12(9-10)14-11-5-7-13(15-2)8-6-11/h5-8,10,12,14H,3-4,9H2,1-2H3/t10-,12-/m0/s1. The normalized spacial score (nSPS) is 25.5. The Labute approximate surface area is 96.7 Å². The average Bonchev–Trinajstić information content (AvgIpc) is 2.65. The molecule has 0 spiro atoms. The molecule has 1 aromatic rings. The predicted molar refractivity (Wildman–Crippen MR) is 68.6 cm³/mol. The van der Waals surface area contributed by atoms with Crippen LogP contribution in [0.15, 0.2) is 29.2 Å². The lowest BCUT2D eigenvalue weighted by Gasteiger charge is -2.14. The van der Waals surface area contributed by atoms with Gasteiger partial charge < -0.3 is 5.32 Å². The Morgan fingerprint density at radius 1 is 1.20 bits per heavy atom. The zero-order chi connectivity index (χ0) is 10.7. The molecule has 0 aromatic heterocycles. The van der Waals surface area contributed by atoms with Crippen molar-refractivity contribution in [2.24, 2.45) is 5.92 Å². The average molecular weight is 221 g/mol. The highest BCUT2D eigenvalue weighted by molar-refractivity contribution is 7.98. The van der Waals surface area contributed by atoms with Gasteiger partial charge in [0.1, 0.15) is 0 Å². The van der Waals surface area contributed by atoms with Gasteiger partial charge in [0.05, 0.1) is 0 Å². The van der Waals surface area contributed by atoms with Crippen molar-refractivity contribution in [3.63, 3.8) is 0 Å². The summed E-state index contributed by atoms with van der Waals surface area (Å²) in [5.41, 5.74) is 1.27. The summed E-state index contributed by atoms with van der Waals surface area (Å²) in [4.78, 5) is 1.33. The van der Waals surface area contributed by atoms with Crippen LogP contribution in [-0.4, -0.2) is 12.3 Å². The predicted octanol–water partition coefficient (Wildman–Crippen LogP) is 4.01. The smallest absolute Gasteiger partial charge is 0.0343 e. The van der Waals surface area contributed by atoms with Crippen molar-refractivity contribution in [3.05, 3.63) is 24.3 Å². The Morgan fingerprint density at radius 2 is 1.93 bits per heavy atom. The molecule has 0 saturated heterocycles. The van der Waals surface area contributed by atoms with Crippen LogP contribution in [0.4, 0.5) is 5.69 Å². The van der Waals surface area contributed by atoms with E-state index in [0.717, 1.165) is 5.92 Å². The summed E-state index contributed by atoms with van der Waals surface area (Å²) in [6.45, 7) is 2.35. The van der Waals surface area contributed by atoms with Gasteiger partial charge in [0.2, 0.25) is 0 Å². The Balaban J connectivity index is 1.93. The van der Waals surface area contributed by atoms with Gasteiger partial charge in [0.15, 0.2) is 0 Å². The molecule has 2 atom stereocenters. The maximum Gasteiger partial charge on any atom is 0.0343 e. The van der Waals surface area contributed by atoms with Gasteiger partial charge in [-0.3, -0.25) is 0 Å². The first kappa shape index (κ1) is 10.9. The van der Waals surface area contributed by atoms with E-state index in [-0.39, 0.29) is 0 Å². The van der Waals surface area contributed by atoms with Crippen LogP contribution in [0.1, 0.15) is 26.2 Å². The van der Waals surface area contributed by atoms with Crippen LogP contribution in [-0.2, 0) is 0 Å². The maximum atomic E-state index is 3.61. The summed E-state index contributed by atoms with van der Waals surface area (Å²) in [5.74, 6) is 0.896. The molecule has 0 unspecified atom stereocenters.